The Labute approximate surface area is 210 Å². The number of carboxylic acid groups (broad SMARTS) is 1. The van der Waals surface area contributed by atoms with E-state index in [0.717, 1.165) is 12.8 Å². The molecule has 1 aliphatic carbocycles. The predicted octanol–water partition coefficient (Wildman–Crippen LogP) is 5.30. The van der Waals surface area contributed by atoms with Gasteiger partial charge in [-0.3, -0.25) is 9.59 Å². The van der Waals surface area contributed by atoms with Crippen LogP contribution in [0.3, 0.4) is 0 Å². The molecular formula is C26H32ClFN2O5. The summed E-state index contributed by atoms with van der Waals surface area (Å²) in [6.45, 7) is 0.936. The molecule has 0 saturated heterocycles. The van der Waals surface area contributed by atoms with E-state index < -0.39 is 5.97 Å². The molecule has 0 bridgehead atoms. The van der Waals surface area contributed by atoms with Crippen LogP contribution < -0.4 is 15.4 Å². The molecule has 1 fully saturated rings. The summed E-state index contributed by atoms with van der Waals surface area (Å²) in [6.07, 6.45) is 3.39. The van der Waals surface area contributed by atoms with E-state index in [1.807, 2.05) is 0 Å². The Morgan fingerprint density at radius 2 is 1.89 bits per heavy atom. The number of rotatable bonds is 11. The Balaban J connectivity index is 1.65. The van der Waals surface area contributed by atoms with E-state index in [4.69, 9.17) is 26.2 Å². The highest BCUT2D eigenvalue weighted by Crippen LogP contribution is 2.34. The van der Waals surface area contributed by atoms with E-state index >= 15 is 0 Å². The van der Waals surface area contributed by atoms with Gasteiger partial charge in [-0.05, 0) is 74.4 Å². The zero-order valence-electron chi connectivity index (χ0n) is 20.0. The number of halogens is 2. The maximum absolute atomic E-state index is 14.0. The second kappa shape index (κ2) is 12.7. The Kier molecular flexibility index (Phi) is 9.74. The van der Waals surface area contributed by atoms with Gasteiger partial charge in [-0.25, -0.2) is 4.39 Å². The van der Waals surface area contributed by atoms with Gasteiger partial charge in [0.05, 0.1) is 29.8 Å². The molecule has 0 spiro atoms. The lowest BCUT2D eigenvalue weighted by Gasteiger charge is -2.26. The van der Waals surface area contributed by atoms with Gasteiger partial charge in [0, 0.05) is 31.4 Å². The van der Waals surface area contributed by atoms with Gasteiger partial charge in [-0.15, -0.1) is 0 Å². The van der Waals surface area contributed by atoms with Gasteiger partial charge in [0.15, 0.2) is 0 Å². The van der Waals surface area contributed by atoms with Crippen LogP contribution in [0.2, 0.25) is 5.02 Å². The maximum atomic E-state index is 14.0. The molecule has 0 radical (unpaired) electrons. The summed E-state index contributed by atoms with van der Waals surface area (Å²) in [7, 11) is 3.13. The predicted molar refractivity (Wildman–Crippen MR) is 133 cm³/mol. The minimum absolute atomic E-state index is 0.235. The van der Waals surface area contributed by atoms with Crippen LogP contribution >= 0.6 is 11.6 Å². The van der Waals surface area contributed by atoms with E-state index in [0.29, 0.717) is 60.0 Å². The second-order valence-electron chi connectivity index (χ2n) is 8.83. The molecule has 1 amide bonds. The third kappa shape index (κ3) is 7.32. The molecule has 2 aromatic rings. The smallest absolute Gasteiger partial charge is 0.306 e. The lowest BCUT2D eigenvalue weighted by atomic mass is 9.82. The lowest BCUT2D eigenvalue weighted by molar-refractivity contribution is -0.143. The topological polar surface area (TPSA) is 96.9 Å². The summed E-state index contributed by atoms with van der Waals surface area (Å²) in [5.41, 5.74) is 1.67. The van der Waals surface area contributed by atoms with Crippen LogP contribution in [0.1, 0.15) is 54.1 Å². The average molecular weight is 507 g/mol. The third-order valence-corrected chi connectivity index (χ3v) is 6.80. The molecule has 3 N–H and O–H groups in total. The quantitative estimate of drug-likeness (QED) is 0.383. The first-order valence-electron chi connectivity index (χ1n) is 11.7. The highest BCUT2D eigenvalue weighted by Gasteiger charge is 2.26. The highest BCUT2D eigenvalue weighted by atomic mass is 35.5. The summed E-state index contributed by atoms with van der Waals surface area (Å²) < 4.78 is 24.6. The number of carbonyl (C=O) groups excluding carboxylic acids is 1. The van der Waals surface area contributed by atoms with E-state index in [1.54, 1.807) is 31.4 Å². The molecule has 1 atom stereocenters. The van der Waals surface area contributed by atoms with Crippen molar-refractivity contribution >= 4 is 29.2 Å². The molecular weight excluding hydrogens is 475 g/mol. The standard InChI is InChI=1S/C26H32ClFN2O5/c1-34-12-11-22(20-14-19(28)8-10-24(20)35-2)30-23-9-7-18(13-21(23)27)25(31)29-15-16-3-5-17(6-4-16)26(32)33/h7-10,13-14,16-17,22,30H,3-6,11-12,15H2,1-2H3,(H,29,31)(H,32,33). The first kappa shape index (κ1) is 26.8. The number of benzene rings is 2. The van der Waals surface area contributed by atoms with E-state index in [2.05, 4.69) is 10.6 Å². The molecule has 190 valence electrons. The van der Waals surface area contributed by atoms with Crippen LogP contribution in [0.25, 0.3) is 0 Å². The van der Waals surface area contributed by atoms with E-state index in [-0.39, 0.29) is 29.6 Å². The molecule has 35 heavy (non-hydrogen) atoms. The van der Waals surface area contributed by atoms with Crippen molar-refractivity contribution < 1.29 is 28.6 Å². The minimum atomic E-state index is -0.740. The summed E-state index contributed by atoms with van der Waals surface area (Å²) in [5, 5.41) is 15.7. The third-order valence-electron chi connectivity index (χ3n) is 6.49. The summed E-state index contributed by atoms with van der Waals surface area (Å²) >= 11 is 6.50. The molecule has 0 aromatic heterocycles. The molecule has 1 aliphatic rings. The van der Waals surface area contributed by atoms with E-state index in [9.17, 15) is 14.0 Å². The van der Waals surface area contributed by atoms with Crippen LogP contribution in [0, 0.1) is 17.7 Å². The number of hydrogen-bond donors (Lipinski definition) is 3. The van der Waals surface area contributed by atoms with Gasteiger partial charge >= 0.3 is 5.97 Å². The number of hydrogen-bond acceptors (Lipinski definition) is 5. The SMILES string of the molecule is COCCC(Nc1ccc(C(=O)NCC2CCC(C(=O)O)CC2)cc1Cl)c1cc(F)ccc1OC. The first-order chi connectivity index (χ1) is 16.8. The number of nitrogens with one attached hydrogen (secondary N) is 2. The Morgan fingerprint density at radius 1 is 1.14 bits per heavy atom. The highest BCUT2D eigenvalue weighted by molar-refractivity contribution is 6.33. The van der Waals surface area contributed by atoms with Gasteiger partial charge in [0.1, 0.15) is 11.6 Å². The summed E-state index contributed by atoms with van der Waals surface area (Å²) in [5.74, 6) is -0.809. The number of methoxy groups -OCH3 is 2. The number of amides is 1. The molecule has 1 saturated carbocycles. The lowest BCUT2D eigenvalue weighted by Crippen LogP contribution is -2.32. The first-order valence-corrected chi connectivity index (χ1v) is 12.1. The Morgan fingerprint density at radius 3 is 2.51 bits per heavy atom. The minimum Gasteiger partial charge on any atom is -0.496 e. The van der Waals surface area contributed by atoms with Crippen molar-refractivity contribution in [3.8, 4) is 5.75 Å². The van der Waals surface area contributed by atoms with Crippen molar-refractivity contribution in [2.75, 3.05) is 32.7 Å². The molecule has 3 rings (SSSR count). The molecule has 2 aromatic carbocycles. The summed E-state index contributed by atoms with van der Waals surface area (Å²) in [4.78, 5) is 23.8. The molecule has 0 heterocycles. The molecule has 7 nitrogen and oxygen atoms in total. The van der Waals surface area contributed by atoms with Crippen molar-refractivity contribution in [3.63, 3.8) is 0 Å². The van der Waals surface area contributed by atoms with Crippen molar-refractivity contribution in [2.45, 2.75) is 38.1 Å². The number of ether oxygens (including phenoxy) is 2. The van der Waals surface area contributed by atoms with Gasteiger partial charge in [0.25, 0.3) is 5.91 Å². The van der Waals surface area contributed by atoms with Crippen LogP contribution in [0.4, 0.5) is 10.1 Å². The van der Waals surface area contributed by atoms with Crippen LogP contribution in [-0.4, -0.2) is 44.4 Å². The zero-order chi connectivity index (χ0) is 25.4. The maximum Gasteiger partial charge on any atom is 0.306 e. The fourth-order valence-corrected chi connectivity index (χ4v) is 4.67. The van der Waals surface area contributed by atoms with Crippen molar-refractivity contribution in [3.05, 3.63) is 58.4 Å². The fourth-order valence-electron chi connectivity index (χ4n) is 4.43. The fraction of sp³-hybridized carbons (Fsp3) is 0.462. The normalized spacial score (nSPS) is 18.5. The molecule has 9 heteroatoms. The number of carboxylic acids is 1. The van der Waals surface area contributed by atoms with Crippen LogP contribution in [0.5, 0.6) is 5.75 Å². The van der Waals surface area contributed by atoms with Crippen molar-refractivity contribution in [1.82, 2.24) is 5.32 Å². The van der Waals surface area contributed by atoms with Gasteiger partial charge in [0.2, 0.25) is 0 Å². The number of carbonyl (C=O) groups is 2. The summed E-state index contributed by atoms with van der Waals surface area (Å²) in [6, 6.07) is 9.01. The number of anilines is 1. The largest absolute Gasteiger partial charge is 0.496 e. The molecule has 1 unspecified atom stereocenters. The van der Waals surface area contributed by atoms with Gasteiger partial charge < -0.3 is 25.2 Å². The zero-order valence-corrected chi connectivity index (χ0v) is 20.7. The van der Waals surface area contributed by atoms with Crippen LogP contribution in [0.15, 0.2) is 36.4 Å². The monoisotopic (exact) mass is 506 g/mol. The van der Waals surface area contributed by atoms with E-state index in [1.165, 1.54) is 19.2 Å². The number of aliphatic carboxylic acids is 1. The second-order valence-corrected chi connectivity index (χ2v) is 9.23. The molecule has 0 aliphatic heterocycles. The van der Waals surface area contributed by atoms with Crippen LogP contribution in [-0.2, 0) is 9.53 Å². The Hall–Kier alpha value is -2.84. The van der Waals surface area contributed by atoms with Gasteiger partial charge in [-0.2, -0.15) is 0 Å². The van der Waals surface area contributed by atoms with Crippen molar-refractivity contribution in [1.29, 1.82) is 0 Å². The Bertz CT molecular complexity index is 1030. The van der Waals surface area contributed by atoms with Gasteiger partial charge in [-0.1, -0.05) is 11.6 Å². The van der Waals surface area contributed by atoms with Crippen molar-refractivity contribution in [2.24, 2.45) is 11.8 Å². The average Bonchev–Trinajstić information content (AvgIpc) is 2.86.